The Morgan fingerprint density at radius 1 is 1.04 bits per heavy atom. The summed E-state index contributed by atoms with van der Waals surface area (Å²) in [6.45, 7) is 4.51. The van der Waals surface area contributed by atoms with E-state index in [1.807, 2.05) is 23.1 Å². The second-order valence-electron chi connectivity index (χ2n) is 6.59. The Morgan fingerprint density at radius 3 is 2.72 bits per heavy atom. The summed E-state index contributed by atoms with van der Waals surface area (Å²) < 4.78 is 0. The molecule has 0 aliphatic carbocycles. The number of carbonyl (C=O) groups is 1. The molecule has 0 saturated carbocycles. The van der Waals surface area contributed by atoms with Crippen molar-refractivity contribution in [1.82, 2.24) is 20.2 Å². The molecule has 1 aromatic heterocycles. The van der Waals surface area contributed by atoms with Gasteiger partial charge in [-0.15, -0.1) is 0 Å². The van der Waals surface area contributed by atoms with Gasteiger partial charge in [0.2, 0.25) is 5.91 Å². The SMILES string of the molecule is O=C1CN(c2ncnc3c2CCNCC3)CCN1Cc1ccccc1. The number of piperazine rings is 1. The largest absolute Gasteiger partial charge is 0.345 e. The molecule has 25 heavy (non-hydrogen) atoms. The first-order valence-electron chi connectivity index (χ1n) is 8.91. The summed E-state index contributed by atoms with van der Waals surface area (Å²) in [7, 11) is 0. The summed E-state index contributed by atoms with van der Waals surface area (Å²) >= 11 is 0. The van der Waals surface area contributed by atoms with Crippen molar-refractivity contribution < 1.29 is 4.79 Å². The number of nitrogens with one attached hydrogen (secondary N) is 1. The number of anilines is 1. The first-order chi connectivity index (χ1) is 12.3. The summed E-state index contributed by atoms with van der Waals surface area (Å²) in [5.41, 5.74) is 3.50. The summed E-state index contributed by atoms with van der Waals surface area (Å²) in [6, 6.07) is 10.2. The average Bonchev–Trinajstić information content (AvgIpc) is 2.90. The second-order valence-corrected chi connectivity index (χ2v) is 6.59. The lowest BCUT2D eigenvalue weighted by atomic mass is 10.1. The topological polar surface area (TPSA) is 61.4 Å². The number of rotatable bonds is 3. The molecule has 1 aromatic carbocycles. The van der Waals surface area contributed by atoms with Crippen LogP contribution in [-0.2, 0) is 24.2 Å². The van der Waals surface area contributed by atoms with E-state index in [9.17, 15) is 4.79 Å². The van der Waals surface area contributed by atoms with Gasteiger partial charge in [0.15, 0.2) is 0 Å². The van der Waals surface area contributed by atoms with Crippen molar-refractivity contribution >= 4 is 11.7 Å². The standard InChI is InChI=1S/C19H23N5O/c25-18-13-24(11-10-23(18)12-15-4-2-1-3-5-15)19-16-6-8-20-9-7-17(16)21-14-22-19/h1-5,14,20H,6-13H2. The van der Waals surface area contributed by atoms with E-state index in [1.54, 1.807) is 6.33 Å². The molecule has 3 heterocycles. The molecular weight excluding hydrogens is 314 g/mol. The van der Waals surface area contributed by atoms with E-state index < -0.39 is 0 Å². The molecule has 2 aliphatic heterocycles. The minimum atomic E-state index is 0.161. The number of carbonyl (C=O) groups excluding carboxylic acids is 1. The average molecular weight is 337 g/mol. The zero-order chi connectivity index (χ0) is 17.1. The normalized spacial score (nSPS) is 18.0. The molecule has 1 fully saturated rings. The second kappa shape index (κ2) is 7.19. The van der Waals surface area contributed by atoms with Gasteiger partial charge in [-0.25, -0.2) is 9.97 Å². The lowest BCUT2D eigenvalue weighted by molar-refractivity contribution is -0.131. The molecule has 0 bridgehead atoms. The highest BCUT2D eigenvalue weighted by Crippen LogP contribution is 2.24. The summed E-state index contributed by atoms with van der Waals surface area (Å²) in [4.78, 5) is 25.7. The molecule has 2 aromatic rings. The van der Waals surface area contributed by atoms with E-state index in [1.165, 1.54) is 11.1 Å². The number of aromatic nitrogens is 2. The summed E-state index contributed by atoms with van der Waals surface area (Å²) in [6.07, 6.45) is 3.48. The smallest absolute Gasteiger partial charge is 0.242 e. The van der Waals surface area contributed by atoms with E-state index in [0.29, 0.717) is 13.1 Å². The Hall–Kier alpha value is -2.47. The number of hydrogen-bond donors (Lipinski definition) is 1. The number of fused-ring (bicyclic) bond motifs is 1. The molecule has 1 saturated heterocycles. The Balaban J connectivity index is 1.49. The maximum Gasteiger partial charge on any atom is 0.242 e. The minimum Gasteiger partial charge on any atom is -0.345 e. The van der Waals surface area contributed by atoms with Gasteiger partial charge in [0.25, 0.3) is 0 Å². The maximum atomic E-state index is 12.6. The van der Waals surface area contributed by atoms with Crippen LogP contribution in [0.25, 0.3) is 0 Å². The van der Waals surface area contributed by atoms with Crippen molar-refractivity contribution in [3.05, 3.63) is 53.5 Å². The van der Waals surface area contributed by atoms with Crippen LogP contribution in [0.3, 0.4) is 0 Å². The fraction of sp³-hybridized carbons (Fsp3) is 0.421. The third kappa shape index (κ3) is 3.49. The highest BCUT2D eigenvalue weighted by atomic mass is 16.2. The highest BCUT2D eigenvalue weighted by molar-refractivity contribution is 5.82. The zero-order valence-corrected chi connectivity index (χ0v) is 14.3. The number of hydrogen-bond acceptors (Lipinski definition) is 5. The van der Waals surface area contributed by atoms with Crippen molar-refractivity contribution in [1.29, 1.82) is 0 Å². The molecule has 0 atom stereocenters. The van der Waals surface area contributed by atoms with E-state index >= 15 is 0 Å². The van der Waals surface area contributed by atoms with Crippen LogP contribution < -0.4 is 10.2 Å². The Kier molecular flexibility index (Phi) is 4.61. The molecule has 2 aliphatic rings. The Bertz CT molecular complexity index is 749. The molecule has 0 unspecified atom stereocenters. The number of amides is 1. The highest BCUT2D eigenvalue weighted by Gasteiger charge is 2.27. The molecular formula is C19H23N5O. The van der Waals surface area contributed by atoms with Gasteiger partial charge in [-0.3, -0.25) is 4.79 Å². The third-order valence-electron chi connectivity index (χ3n) is 4.94. The van der Waals surface area contributed by atoms with Crippen LogP contribution in [0, 0.1) is 0 Å². The van der Waals surface area contributed by atoms with Crippen molar-refractivity contribution in [3.8, 4) is 0 Å². The molecule has 4 rings (SSSR count). The van der Waals surface area contributed by atoms with Crippen LogP contribution >= 0.6 is 0 Å². The minimum absolute atomic E-state index is 0.161. The Morgan fingerprint density at radius 2 is 1.88 bits per heavy atom. The number of benzene rings is 1. The fourth-order valence-electron chi connectivity index (χ4n) is 3.59. The predicted molar refractivity (Wildman–Crippen MR) is 96.4 cm³/mol. The molecule has 1 amide bonds. The van der Waals surface area contributed by atoms with Gasteiger partial charge in [0.1, 0.15) is 12.1 Å². The van der Waals surface area contributed by atoms with E-state index in [4.69, 9.17) is 0 Å². The van der Waals surface area contributed by atoms with Crippen LogP contribution in [0.2, 0.25) is 0 Å². The van der Waals surface area contributed by atoms with E-state index in [-0.39, 0.29) is 5.91 Å². The third-order valence-corrected chi connectivity index (χ3v) is 4.94. The van der Waals surface area contributed by atoms with Crippen LogP contribution in [0.5, 0.6) is 0 Å². The maximum absolute atomic E-state index is 12.6. The van der Waals surface area contributed by atoms with Crippen molar-refractivity contribution in [2.24, 2.45) is 0 Å². The van der Waals surface area contributed by atoms with E-state index in [0.717, 1.165) is 50.5 Å². The molecule has 0 radical (unpaired) electrons. The van der Waals surface area contributed by atoms with Gasteiger partial charge in [-0.1, -0.05) is 30.3 Å². The van der Waals surface area contributed by atoms with Gasteiger partial charge >= 0.3 is 0 Å². The first-order valence-corrected chi connectivity index (χ1v) is 8.91. The van der Waals surface area contributed by atoms with Crippen LogP contribution in [-0.4, -0.2) is 53.5 Å². The monoisotopic (exact) mass is 337 g/mol. The van der Waals surface area contributed by atoms with Crippen molar-refractivity contribution in [2.45, 2.75) is 19.4 Å². The van der Waals surface area contributed by atoms with Crippen LogP contribution in [0.15, 0.2) is 36.7 Å². The van der Waals surface area contributed by atoms with Gasteiger partial charge in [-0.2, -0.15) is 0 Å². The molecule has 6 heteroatoms. The van der Waals surface area contributed by atoms with E-state index in [2.05, 4.69) is 32.3 Å². The molecule has 0 spiro atoms. The van der Waals surface area contributed by atoms with Gasteiger partial charge < -0.3 is 15.1 Å². The van der Waals surface area contributed by atoms with Crippen molar-refractivity contribution in [2.75, 3.05) is 37.6 Å². The Labute approximate surface area is 147 Å². The molecule has 130 valence electrons. The fourth-order valence-corrected chi connectivity index (χ4v) is 3.59. The summed E-state index contributed by atoms with van der Waals surface area (Å²) in [5, 5.41) is 3.41. The quantitative estimate of drug-likeness (QED) is 0.906. The predicted octanol–water partition coefficient (Wildman–Crippen LogP) is 1.01. The van der Waals surface area contributed by atoms with Gasteiger partial charge in [0, 0.05) is 38.2 Å². The lowest BCUT2D eigenvalue weighted by Gasteiger charge is -2.36. The molecule has 1 N–H and O–H groups in total. The molecule has 6 nitrogen and oxygen atoms in total. The van der Waals surface area contributed by atoms with Crippen molar-refractivity contribution in [3.63, 3.8) is 0 Å². The lowest BCUT2D eigenvalue weighted by Crippen LogP contribution is -2.50. The first kappa shape index (κ1) is 16.0. The summed E-state index contributed by atoms with van der Waals surface area (Å²) in [5.74, 6) is 1.11. The van der Waals surface area contributed by atoms with Crippen LogP contribution in [0.1, 0.15) is 16.8 Å². The van der Waals surface area contributed by atoms with Gasteiger partial charge in [0.05, 0.1) is 12.2 Å². The van der Waals surface area contributed by atoms with Gasteiger partial charge in [-0.05, 0) is 18.5 Å². The zero-order valence-electron chi connectivity index (χ0n) is 14.3. The van der Waals surface area contributed by atoms with Crippen LogP contribution in [0.4, 0.5) is 5.82 Å². The number of nitrogens with zero attached hydrogens (tertiary/aromatic N) is 4.